The van der Waals surface area contributed by atoms with Gasteiger partial charge in [0.2, 0.25) is 0 Å². The first-order valence-electron chi connectivity index (χ1n) is 7.49. The summed E-state index contributed by atoms with van der Waals surface area (Å²) in [7, 11) is 0. The fourth-order valence-electron chi connectivity index (χ4n) is 4.05. The van der Waals surface area contributed by atoms with E-state index in [1.165, 1.54) is 21.9 Å². The van der Waals surface area contributed by atoms with E-state index in [1.54, 1.807) is 0 Å². The third kappa shape index (κ3) is 1.82. The first-order chi connectivity index (χ1) is 10.2. The molecule has 0 spiro atoms. The van der Waals surface area contributed by atoms with Gasteiger partial charge in [-0.3, -0.25) is 4.79 Å². The molecule has 2 aromatic carbocycles. The Balaban J connectivity index is 1.80. The molecule has 2 nitrogen and oxygen atoms in total. The number of hydrogen-bond acceptors (Lipinski definition) is 2. The van der Waals surface area contributed by atoms with Gasteiger partial charge in [-0.1, -0.05) is 54.6 Å². The smallest absolute Gasteiger partial charge is 0.313 e. The minimum Gasteiger partial charge on any atom is -0.465 e. The Morgan fingerprint density at radius 3 is 2.90 bits per heavy atom. The molecule has 2 aromatic rings. The molecule has 2 unspecified atom stereocenters. The van der Waals surface area contributed by atoms with E-state index in [0.29, 0.717) is 12.5 Å². The van der Waals surface area contributed by atoms with E-state index in [1.807, 2.05) is 0 Å². The summed E-state index contributed by atoms with van der Waals surface area (Å²) in [5.41, 5.74) is 2.06. The Bertz CT molecular complexity index is 741. The molecule has 1 aliphatic carbocycles. The maximum atomic E-state index is 12.4. The van der Waals surface area contributed by atoms with Gasteiger partial charge >= 0.3 is 5.97 Å². The number of hydrogen-bond donors (Lipinski definition) is 0. The van der Waals surface area contributed by atoms with Gasteiger partial charge in [-0.2, -0.15) is 0 Å². The van der Waals surface area contributed by atoms with Gasteiger partial charge in [0.05, 0.1) is 12.0 Å². The Kier molecular flexibility index (Phi) is 2.68. The van der Waals surface area contributed by atoms with Crippen molar-refractivity contribution in [3.8, 4) is 0 Å². The first-order valence-corrected chi connectivity index (χ1v) is 7.49. The van der Waals surface area contributed by atoms with Crippen molar-refractivity contribution in [3.05, 3.63) is 60.2 Å². The Labute approximate surface area is 124 Å². The Morgan fingerprint density at radius 1 is 1.19 bits per heavy atom. The van der Waals surface area contributed by atoms with E-state index in [0.717, 1.165) is 19.3 Å². The van der Waals surface area contributed by atoms with E-state index in [2.05, 4.69) is 49.0 Å². The van der Waals surface area contributed by atoms with Crippen LogP contribution in [0.2, 0.25) is 0 Å². The van der Waals surface area contributed by atoms with Gasteiger partial charge in [-0.25, -0.2) is 0 Å². The molecule has 2 aliphatic rings. The quantitative estimate of drug-likeness (QED) is 0.615. The second kappa shape index (κ2) is 4.45. The number of carbonyl (C=O) groups is 1. The van der Waals surface area contributed by atoms with Crippen molar-refractivity contribution in [3.63, 3.8) is 0 Å². The predicted octanol–water partition coefficient (Wildman–Crippen LogP) is 3.89. The van der Waals surface area contributed by atoms with Crippen molar-refractivity contribution in [1.29, 1.82) is 0 Å². The topological polar surface area (TPSA) is 26.3 Å². The third-order valence-electron chi connectivity index (χ3n) is 5.09. The molecule has 2 atom stereocenters. The summed E-state index contributed by atoms with van der Waals surface area (Å²) in [5.74, 6) is 0.274. The van der Waals surface area contributed by atoms with Gasteiger partial charge in [0.25, 0.3) is 0 Å². The molecule has 1 heterocycles. The first kappa shape index (κ1) is 12.6. The lowest BCUT2D eigenvalue weighted by Gasteiger charge is -2.24. The number of allylic oxidation sites excluding steroid dienone is 1. The standard InChI is InChI=1S/C19H18O2/c1-13-9-16-12-21-18(20)19(16,10-13)11-15-7-4-6-14-5-2-3-8-17(14)15/h2-8,16H,1,9-12H2. The molecule has 21 heavy (non-hydrogen) atoms. The maximum absolute atomic E-state index is 12.4. The van der Waals surface area contributed by atoms with Gasteiger partial charge in [0.15, 0.2) is 0 Å². The van der Waals surface area contributed by atoms with Gasteiger partial charge < -0.3 is 4.74 Å². The monoisotopic (exact) mass is 278 g/mol. The highest BCUT2D eigenvalue weighted by atomic mass is 16.5. The van der Waals surface area contributed by atoms with Crippen LogP contribution >= 0.6 is 0 Å². The molecule has 0 amide bonds. The summed E-state index contributed by atoms with van der Waals surface area (Å²) in [4.78, 5) is 12.4. The Hall–Kier alpha value is -2.09. The minimum atomic E-state index is -0.374. The second-order valence-electron chi connectivity index (χ2n) is 6.40. The van der Waals surface area contributed by atoms with Crippen LogP contribution in [0.15, 0.2) is 54.6 Å². The molecular weight excluding hydrogens is 260 g/mol. The number of esters is 1. The molecule has 1 saturated carbocycles. The number of carbonyl (C=O) groups excluding carboxylic acids is 1. The largest absolute Gasteiger partial charge is 0.465 e. The van der Waals surface area contributed by atoms with Crippen molar-refractivity contribution in [1.82, 2.24) is 0 Å². The highest BCUT2D eigenvalue weighted by molar-refractivity contribution is 5.87. The lowest BCUT2D eigenvalue weighted by Crippen LogP contribution is -2.31. The number of cyclic esters (lactones) is 1. The van der Waals surface area contributed by atoms with E-state index in [4.69, 9.17) is 4.74 Å². The van der Waals surface area contributed by atoms with Crippen LogP contribution in [0.5, 0.6) is 0 Å². The van der Waals surface area contributed by atoms with E-state index < -0.39 is 0 Å². The van der Waals surface area contributed by atoms with Crippen LogP contribution in [0.3, 0.4) is 0 Å². The van der Waals surface area contributed by atoms with E-state index in [9.17, 15) is 4.79 Å². The molecule has 0 radical (unpaired) electrons. The van der Waals surface area contributed by atoms with Crippen LogP contribution in [-0.4, -0.2) is 12.6 Å². The van der Waals surface area contributed by atoms with Crippen LogP contribution in [-0.2, 0) is 16.0 Å². The molecule has 0 N–H and O–H groups in total. The van der Waals surface area contributed by atoms with Crippen molar-refractivity contribution >= 4 is 16.7 Å². The number of rotatable bonds is 2. The number of fused-ring (bicyclic) bond motifs is 2. The van der Waals surface area contributed by atoms with Crippen molar-refractivity contribution in [2.45, 2.75) is 19.3 Å². The summed E-state index contributed by atoms with van der Waals surface area (Å²) in [5, 5.41) is 2.47. The average Bonchev–Trinajstić information content (AvgIpc) is 2.95. The fourth-order valence-corrected chi connectivity index (χ4v) is 4.05. The molecule has 0 aromatic heterocycles. The van der Waals surface area contributed by atoms with Crippen LogP contribution in [0, 0.1) is 11.3 Å². The minimum absolute atomic E-state index is 0.0286. The number of benzene rings is 2. The highest BCUT2D eigenvalue weighted by Crippen LogP contribution is 2.52. The molecular formula is C19H18O2. The van der Waals surface area contributed by atoms with Gasteiger partial charge in [0, 0.05) is 5.92 Å². The summed E-state index contributed by atoms with van der Waals surface area (Å²) < 4.78 is 5.38. The molecule has 1 saturated heterocycles. The highest BCUT2D eigenvalue weighted by Gasteiger charge is 2.56. The van der Waals surface area contributed by atoms with E-state index >= 15 is 0 Å². The second-order valence-corrected chi connectivity index (χ2v) is 6.40. The zero-order chi connectivity index (χ0) is 14.4. The van der Waals surface area contributed by atoms with Crippen molar-refractivity contribution in [2.75, 3.05) is 6.61 Å². The molecule has 2 fully saturated rings. The van der Waals surface area contributed by atoms with E-state index in [-0.39, 0.29) is 11.4 Å². The molecule has 1 aliphatic heterocycles. The maximum Gasteiger partial charge on any atom is 0.313 e. The zero-order valence-electron chi connectivity index (χ0n) is 12.0. The van der Waals surface area contributed by atoms with Crippen LogP contribution in [0.1, 0.15) is 18.4 Å². The summed E-state index contributed by atoms with van der Waals surface area (Å²) >= 11 is 0. The molecule has 106 valence electrons. The van der Waals surface area contributed by atoms with Gasteiger partial charge in [-0.05, 0) is 35.6 Å². The average molecular weight is 278 g/mol. The number of ether oxygens (including phenoxy) is 1. The van der Waals surface area contributed by atoms with Crippen LogP contribution in [0.4, 0.5) is 0 Å². The molecule has 2 heteroatoms. The van der Waals surface area contributed by atoms with Crippen LogP contribution in [0.25, 0.3) is 10.8 Å². The lowest BCUT2D eigenvalue weighted by molar-refractivity contribution is -0.146. The SMILES string of the molecule is C=C1CC2COC(=O)C2(Cc2cccc3ccccc23)C1. The molecule has 0 bridgehead atoms. The summed E-state index contributed by atoms with van der Waals surface area (Å²) in [6.07, 6.45) is 2.47. The third-order valence-corrected chi connectivity index (χ3v) is 5.09. The summed E-state index contributed by atoms with van der Waals surface area (Å²) in [6, 6.07) is 14.7. The summed E-state index contributed by atoms with van der Waals surface area (Å²) in [6.45, 7) is 4.67. The van der Waals surface area contributed by atoms with Crippen molar-refractivity contribution in [2.24, 2.45) is 11.3 Å². The predicted molar refractivity (Wildman–Crippen MR) is 82.9 cm³/mol. The van der Waals surface area contributed by atoms with Gasteiger partial charge in [0.1, 0.15) is 0 Å². The van der Waals surface area contributed by atoms with Crippen LogP contribution < -0.4 is 0 Å². The Morgan fingerprint density at radius 2 is 2.00 bits per heavy atom. The molecule has 4 rings (SSSR count). The van der Waals surface area contributed by atoms with Crippen molar-refractivity contribution < 1.29 is 9.53 Å². The zero-order valence-corrected chi connectivity index (χ0v) is 12.0. The lowest BCUT2D eigenvalue weighted by atomic mass is 9.74. The fraction of sp³-hybridized carbons (Fsp3) is 0.316. The van der Waals surface area contributed by atoms with Gasteiger partial charge in [-0.15, -0.1) is 0 Å². The normalized spacial score (nSPS) is 27.9.